The standard InChI is InChI=1S/C19H27BrN2O/c1-23-19-5-4-17(20)12-16(19)13-21-6-8-22(9-7-21)18-11-14-2-3-15(18)10-14/h4-5,12,14-15,18H,2-3,6-11,13H2,1H3/t14-,15-,18+/m0/s1. The number of hydrogen-bond acceptors (Lipinski definition) is 3. The molecule has 0 amide bonds. The molecule has 126 valence electrons. The van der Waals surface area contributed by atoms with E-state index in [1.807, 2.05) is 0 Å². The van der Waals surface area contributed by atoms with Gasteiger partial charge in [-0.15, -0.1) is 0 Å². The van der Waals surface area contributed by atoms with Gasteiger partial charge in [0, 0.05) is 48.8 Å². The molecule has 1 saturated heterocycles. The van der Waals surface area contributed by atoms with Crippen LogP contribution in [0.4, 0.5) is 0 Å². The lowest BCUT2D eigenvalue weighted by Crippen LogP contribution is -2.51. The van der Waals surface area contributed by atoms with Gasteiger partial charge in [0.15, 0.2) is 0 Å². The van der Waals surface area contributed by atoms with E-state index in [1.165, 1.54) is 57.4 Å². The number of methoxy groups -OCH3 is 1. The van der Waals surface area contributed by atoms with Crippen molar-refractivity contribution in [3.8, 4) is 5.75 Å². The van der Waals surface area contributed by atoms with Crippen LogP contribution in [0, 0.1) is 11.8 Å². The lowest BCUT2D eigenvalue weighted by molar-refractivity contribution is 0.0676. The van der Waals surface area contributed by atoms with Crippen LogP contribution < -0.4 is 4.74 Å². The van der Waals surface area contributed by atoms with Crippen LogP contribution in [0.3, 0.4) is 0 Å². The predicted octanol–water partition coefficient (Wildman–Crippen LogP) is 3.76. The van der Waals surface area contributed by atoms with E-state index in [-0.39, 0.29) is 0 Å². The van der Waals surface area contributed by atoms with Gasteiger partial charge in [-0.25, -0.2) is 0 Å². The lowest BCUT2D eigenvalue weighted by atomic mass is 9.93. The van der Waals surface area contributed by atoms with Gasteiger partial charge in [-0.05, 0) is 49.3 Å². The van der Waals surface area contributed by atoms with E-state index in [1.54, 1.807) is 7.11 Å². The molecule has 0 radical (unpaired) electrons. The van der Waals surface area contributed by atoms with Crippen LogP contribution in [0.5, 0.6) is 5.75 Å². The van der Waals surface area contributed by atoms with Crippen molar-refractivity contribution in [1.82, 2.24) is 9.80 Å². The van der Waals surface area contributed by atoms with Crippen molar-refractivity contribution in [3.63, 3.8) is 0 Å². The maximum atomic E-state index is 5.52. The minimum atomic E-state index is 0.899. The Hall–Kier alpha value is -0.580. The van der Waals surface area contributed by atoms with E-state index in [0.717, 1.165) is 34.6 Å². The average molecular weight is 379 g/mol. The Balaban J connectivity index is 1.34. The van der Waals surface area contributed by atoms with Crippen LogP contribution in [0.25, 0.3) is 0 Å². The summed E-state index contributed by atoms with van der Waals surface area (Å²) in [5.74, 6) is 3.06. The van der Waals surface area contributed by atoms with Crippen LogP contribution in [0.1, 0.15) is 31.2 Å². The predicted molar refractivity (Wildman–Crippen MR) is 96.8 cm³/mol. The minimum absolute atomic E-state index is 0.899. The molecule has 0 unspecified atom stereocenters. The van der Waals surface area contributed by atoms with Gasteiger partial charge < -0.3 is 4.74 Å². The van der Waals surface area contributed by atoms with Crippen molar-refractivity contribution >= 4 is 15.9 Å². The molecule has 3 atom stereocenters. The summed E-state index contributed by atoms with van der Waals surface area (Å²) in [6.07, 6.45) is 5.98. The van der Waals surface area contributed by atoms with Gasteiger partial charge in [0.05, 0.1) is 7.11 Å². The molecule has 3 nitrogen and oxygen atoms in total. The SMILES string of the molecule is COc1ccc(Br)cc1CN1CCN([C@@H]2C[C@H]3CC[C@H]2C3)CC1. The largest absolute Gasteiger partial charge is 0.496 e. The van der Waals surface area contributed by atoms with Crippen LogP contribution in [-0.2, 0) is 6.54 Å². The molecule has 1 aromatic rings. The Labute approximate surface area is 148 Å². The molecule has 0 aromatic heterocycles. The second-order valence-corrected chi connectivity index (χ2v) is 8.43. The van der Waals surface area contributed by atoms with Gasteiger partial charge in [0.25, 0.3) is 0 Å². The molecule has 1 aromatic carbocycles. The van der Waals surface area contributed by atoms with Gasteiger partial charge >= 0.3 is 0 Å². The third-order valence-corrected chi connectivity index (χ3v) is 6.71. The normalized spacial score (nSPS) is 31.7. The molecule has 1 heterocycles. The molecule has 0 spiro atoms. The van der Waals surface area contributed by atoms with E-state index in [4.69, 9.17) is 4.74 Å². The average Bonchev–Trinajstić information content (AvgIpc) is 3.19. The van der Waals surface area contributed by atoms with Gasteiger partial charge in [-0.2, -0.15) is 0 Å². The summed E-state index contributed by atoms with van der Waals surface area (Å²) in [4.78, 5) is 5.37. The zero-order valence-corrected chi connectivity index (χ0v) is 15.6. The van der Waals surface area contributed by atoms with Gasteiger partial charge in [0.2, 0.25) is 0 Å². The number of benzene rings is 1. The summed E-state index contributed by atoms with van der Waals surface area (Å²) in [7, 11) is 1.76. The van der Waals surface area contributed by atoms with E-state index in [9.17, 15) is 0 Å². The van der Waals surface area contributed by atoms with Crippen molar-refractivity contribution < 1.29 is 4.74 Å². The summed E-state index contributed by atoms with van der Waals surface area (Å²) >= 11 is 3.58. The molecule has 0 N–H and O–H groups in total. The van der Waals surface area contributed by atoms with Crippen LogP contribution in [0.2, 0.25) is 0 Å². The minimum Gasteiger partial charge on any atom is -0.496 e. The highest BCUT2D eigenvalue weighted by Gasteiger charge is 2.42. The molecule has 3 aliphatic rings. The zero-order valence-electron chi connectivity index (χ0n) is 14.0. The molecular formula is C19H27BrN2O. The van der Waals surface area contributed by atoms with Crippen LogP contribution >= 0.6 is 15.9 Å². The highest BCUT2D eigenvalue weighted by molar-refractivity contribution is 9.10. The number of halogens is 1. The molecule has 2 bridgehead atoms. The van der Waals surface area contributed by atoms with Crippen LogP contribution in [0.15, 0.2) is 22.7 Å². The first-order valence-electron chi connectivity index (χ1n) is 9.02. The van der Waals surface area contributed by atoms with Crippen molar-refractivity contribution in [2.24, 2.45) is 11.8 Å². The zero-order chi connectivity index (χ0) is 15.8. The molecule has 23 heavy (non-hydrogen) atoms. The molecular weight excluding hydrogens is 352 g/mol. The highest BCUT2D eigenvalue weighted by atomic mass is 79.9. The Morgan fingerprint density at radius 3 is 2.61 bits per heavy atom. The summed E-state index contributed by atoms with van der Waals surface area (Å²) in [5, 5.41) is 0. The van der Waals surface area contributed by atoms with Crippen molar-refractivity contribution in [3.05, 3.63) is 28.2 Å². The fourth-order valence-corrected chi connectivity index (χ4v) is 5.43. The number of piperazine rings is 1. The Kier molecular flexibility index (Phi) is 4.66. The Bertz CT molecular complexity index is 556. The molecule has 1 aliphatic heterocycles. The molecule has 4 heteroatoms. The van der Waals surface area contributed by atoms with Crippen molar-refractivity contribution in [2.45, 2.75) is 38.3 Å². The van der Waals surface area contributed by atoms with Crippen molar-refractivity contribution in [1.29, 1.82) is 0 Å². The highest BCUT2D eigenvalue weighted by Crippen LogP contribution is 2.46. The smallest absolute Gasteiger partial charge is 0.123 e. The molecule has 2 aliphatic carbocycles. The van der Waals surface area contributed by atoms with E-state index < -0.39 is 0 Å². The second kappa shape index (κ2) is 6.73. The number of rotatable bonds is 4. The first-order chi connectivity index (χ1) is 11.2. The number of hydrogen-bond donors (Lipinski definition) is 0. The summed E-state index contributed by atoms with van der Waals surface area (Å²) in [6, 6.07) is 7.21. The lowest BCUT2D eigenvalue weighted by Gasteiger charge is -2.41. The molecule has 4 rings (SSSR count). The quantitative estimate of drug-likeness (QED) is 0.792. The second-order valence-electron chi connectivity index (χ2n) is 7.51. The van der Waals surface area contributed by atoms with Gasteiger partial charge in [-0.3, -0.25) is 9.80 Å². The van der Waals surface area contributed by atoms with Crippen LogP contribution in [-0.4, -0.2) is 49.1 Å². The summed E-state index contributed by atoms with van der Waals surface area (Å²) in [5.41, 5.74) is 1.29. The maximum Gasteiger partial charge on any atom is 0.123 e. The monoisotopic (exact) mass is 378 g/mol. The van der Waals surface area contributed by atoms with Gasteiger partial charge in [-0.1, -0.05) is 22.4 Å². The van der Waals surface area contributed by atoms with E-state index in [0.29, 0.717) is 0 Å². The number of fused-ring (bicyclic) bond motifs is 2. The molecule has 3 fully saturated rings. The van der Waals surface area contributed by atoms with Gasteiger partial charge in [0.1, 0.15) is 5.75 Å². The third-order valence-electron chi connectivity index (χ3n) is 6.21. The first-order valence-corrected chi connectivity index (χ1v) is 9.81. The van der Waals surface area contributed by atoms with Crippen molar-refractivity contribution in [2.75, 3.05) is 33.3 Å². The maximum absolute atomic E-state index is 5.52. The van der Waals surface area contributed by atoms with E-state index >= 15 is 0 Å². The first kappa shape index (κ1) is 15.9. The molecule has 2 saturated carbocycles. The summed E-state index contributed by atoms with van der Waals surface area (Å²) < 4.78 is 6.65. The summed E-state index contributed by atoms with van der Waals surface area (Å²) in [6.45, 7) is 5.84. The van der Waals surface area contributed by atoms with E-state index in [2.05, 4.69) is 43.9 Å². The Morgan fingerprint density at radius 1 is 1.13 bits per heavy atom. The Morgan fingerprint density at radius 2 is 1.96 bits per heavy atom. The number of nitrogens with zero attached hydrogens (tertiary/aromatic N) is 2. The third kappa shape index (κ3) is 3.31. The fraction of sp³-hybridized carbons (Fsp3) is 0.684. The topological polar surface area (TPSA) is 15.7 Å². The fourth-order valence-electron chi connectivity index (χ4n) is 5.02. The number of ether oxygens (including phenoxy) is 1.